The van der Waals surface area contributed by atoms with Gasteiger partial charge in [-0.15, -0.1) is 16.4 Å². The largest absolute Gasteiger partial charge is 0.207 e. The van der Waals surface area contributed by atoms with Crippen molar-refractivity contribution in [2.45, 2.75) is 0 Å². The molecule has 4 aromatic rings. The highest BCUT2D eigenvalue weighted by Crippen LogP contribution is 2.28. The van der Waals surface area contributed by atoms with Crippen molar-refractivity contribution >= 4 is 34.1 Å². The van der Waals surface area contributed by atoms with Crippen LogP contribution in [0.2, 0.25) is 0 Å². The highest BCUT2D eigenvalue weighted by atomic mass is 19.2. The molecular formula is C26H7BF15-. The lowest BCUT2D eigenvalue weighted by Crippen LogP contribution is -2.80. The zero-order chi connectivity index (χ0) is 31.6. The van der Waals surface area contributed by atoms with Crippen molar-refractivity contribution in [1.29, 1.82) is 0 Å². The summed E-state index contributed by atoms with van der Waals surface area (Å²) in [5.74, 6) is -45.8. The van der Waals surface area contributed by atoms with E-state index in [1.807, 2.05) is 0 Å². The van der Waals surface area contributed by atoms with Gasteiger partial charge in [-0.3, -0.25) is 0 Å². The van der Waals surface area contributed by atoms with Gasteiger partial charge in [0.05, 0.1) is 0 Å². The summed E-state index contributed by atoms with van der Waals surface area (Å²) in [6.45, 7) is 3.19. The molecule has 16 heteroatoms. The maximum absolute atomic E-state index is 15.5. The number of benzene rings is 4. The average molecular weight is 615 g/mol. The second-order valence-corrected chi connectivity index (χ2v) is 8.65. The normalized spacial score (nSPS) is 11.8. The van der Waals surface area contributed by atoms with Crippen LogP contribution in [0.3, 0.4) is 0 Å². The molecule has 4 rings (SSSR count). The molecule has 0 heterocycles. The van der Waals surface area contributed by atoms with Crippen molar-refractivity contribution in [1.82, 2.24) is 0 Å². The molecule has 220 valence electrons. The van der Waals surface area contributed by atoms with E-state index in [4.69, 9.17) is 0 Å². The highest BCUT2D eigenvalue weighted by molar-refractivity contribution is 7.20. The van der Waals surface area contributed by atoms with Crippen molar-refractivity contribution in [2.75, 3.05) is 0 Å². The van der Waals surface area contributed by atoms with Gasteiger partial charge >= 0.3 is 0 Å². The van der Waals surface area contributed by atoms with Crippen molar-refractivity contribution in [3.8, 4) is 0 Å². The lowest BCUT2D eigenvalue weighted by molar-refractivity contribution is 0.380. The predicted octanol–water partition coefficient (Wildman–Crippen LogP) is 5.79. The Labute approximate surface area is 224 Å². The summed E-state index contributed by atoms with van der Waals surface area (Å²) >= 11 is 0. The highest BCUT2D eigenvalue weighted by Gasteiger charge is 2.49. The maximum Gasteiger partial charge on any atom is 0.200 e. The molecule has 0 radical (unpaired) electrons. The summed E-state index contributed by atoms with van der Waals surface area (Å²) in [5, 5.41) is 0. The minimum absolute atomic E-state index is 0.394. The number of hydrogen-bond donors (Lipinski definition) is 0. The monoisotopic (exact) mass is 615 g/mol. The van der Waals surface area contributed by atoms with Gasteiger partial charge in [-0.05, 0) is 0 Å². The Bertz CT molecular complexity index is 1560. The number of halogens is 15. The molecule has 0 amide bonds. The lowest BCUT2D eigenvalue weighted by atomic mass is 9.12. The third kappa shape index (κ3) is 3.90. The molecular weight excluding hydrogens is 608 g/mol. The van der Waals surface area contributed by atoms with E-state index in [0.29, 0.717) is 12.1 Å². The Hall–Kier alpha value is -4.37. The standard InChI is InChI=1S/C26H7BF15/c1-2-7-5-3-4-6-8(7)27(9-12(28)18(34)24(40)19(35)13(9)29,10-14(30)20(36)25(41)21(37)15(10)31)11-16(32)22(38)26(42)23(39)17(11)33/h2-6H,1H2/q-1. The van der Waals surface area contributed by atoms with E-state index in [9.17, 15) is 39.5 Å². The first-order chi connectivity index (χ1) is 19.6. The predicted molar refractivity (Wildman–Crippen MR) is 120 cm³/mol. The molecule has 0 unspecified atom stereocenters. The van der Waals surface area contributed by atoms with Crippen LogP contribution in [0.4, 0.5) is 65.9 Å². The molecule has 0 aliphatic rings. The minimum Gasteiger partial charge on any atom is -0.207 e. The molecule has 0 saturated carbocycles. The smallest absolute Gasteiger partial charge is 0.200 e. The number of hydrogen-bond acceptors (Lipinski definition) is 0. The molecule has 0 nitrogen and oxygen atoms in total. The lowest BCUT2D eigenvalue weighted by Gasteiger charge is -2.45. The molecule has 0 saturated heterocycles. The fourth-order valence-corrected chi connectivity index (χ4v) is 5.00. The SMILES string of the molecule is C=Cc1ccccc1[B-](c1c(F)c(F)c(F)c(F)c1F)(c1c(F)c(F)c(F)c(F)c1F)c1c(F)c(F)c(F)c(F)c1F. The van der Waals surface area contributed by atoms with Crippen LogP contribution in [-0.2, 0) is 0 Å². The van der Waals surface area contributed by atoms with E-state index in [-0.39, 0.29) is 0 Å². The van der Waals surface area contributed by atoms with Crippen LogP contribution >= 0.6 is 0 Å². The van der Waals surface area contributed by atoms with E-state index in [1.54, 1.807) is 0 Å². The van der Waals surface area contributed by atoms with Crippen molar-refractivity contribution in [3.63, 3.8) is 0 Å². The second-order valence-electron chi connectivity index (χ2n) is 8.65. The molecule has 42 heavy (non-hydrogen) atoms. The Morgan fingerprint density at radius 2 is 0.619 bits per heavy atom. The Balaban J connectivity index is 2.61. The maximum atomic E-state index is 15.5. The Morgan fingerprint density at radius 3 is 0.881 bits per heavy atom. The van der Waals surface area contributed by atoms with Gasteiger partial charge in [0.15, 0.2) is 52.4 Å². The molecule has 0 bridgehead atoms. The molecule has 0 aliphatic heterocycles. The zero-order valence-corrected chi connectivity index (χ0v) is 19.8. The molecule has 0 spiro atoms. The topological polar surface area (TPSA) is 0 Å². The third-order valence-corrected chi connectivity index (χ3v) is 6.71. The molecule has 0 aromatic heterocycles. The zero-order valence-electron chi connectivity index (χ0n) is 19.8. The van der Waals surface area contributed by atoms with Gasteiger partial charge in [-0.2, -0.15) is 5.46 Å². The molecule has 4 aromatic carbocycles. The fraction of sp³-hybridized carbons (Fsp3) is 0. The van der Waals surface area contributed by atoms with Crippen LogP contribution in [0.1, 0.15) is 5.56 Å². The summed E-state index contributed by atoms with van der Waals surface area (Å²) in [6, 6.07) is 2.86. The van der Waals surface area contributed by atoms with Crippen molar-refractivity contribution in [3.05, 3.63) is 124 Å². The fourth-order valence-electron chi connectivity index (χ4n) is 5.00. The Kier molecular flexibility index (Phi) is 7.63. The molecule has 0 fully saturated rings. The van der Waals surface area contributed by atoms with Gasteiger partial charge in [-0.1, -0.05) is 42.5 Å². The molecule has 0 aliphatic carbocycles. The van der Waals surface area contributed by atoms with Crippen LogP contribution in [0, 0.1) is 87.3 Å². The summed E-state index contributed by atoms with van der Waals surface area (Å²) in [5.41, 5.74) is -10.3. The summed E-state index contributed by atoms with van der Waals surface area (Å²) in [4.78, 5) is 0. The van der Waals surface area contributed by atoms with Gasteiger partial charge in [0.2, 0.25) is 0 Å². The van der Waals surface area contributed by atoms with Gasteiger partial charge in [-0.25, -0.2) is 65.9 Å². The van der Waals surface area contributed by atoms with Crippen molar-refractivity contribution < 1.29 is 65.9 Å². The van der Waals surface area contributed by atoms with E-state index in [2.05, 4.69) is 6.58 Å². The molecule has 0 N–H and O–H groups in total. The van der Waals surface area contributed by atoms with Gasteiger partial charge in [0, 0.05) is 0 Å². The van der Waals surface area contributed by atoms with Crippen LogP contribution < -0.4 is 21.9 Å². The quantitative estimate of drug-likeness (QED) is 0.116. The molecule has 0 atom stereocenters. The number of rotatable bonds is 5. The Morgan fingerprint density at radius 1 is 0.381 bits per heavy atom. The van der Waals surface area contributed by atoms with E-state index >= 15 is 26.3 Å². The first-order valence-corrected chi connectivity index (χ1v) is 11.0. The van der Waals surface area contributed by atoms with E-state index < -0.39 is 121 Å². The summed E-state index contributed by atoms with van der Waals surface area (Å²) in [6.07, 6.45) is -5.26. The van der Waals surface area contributed by atoms with Crippen LogP contribution in [0.15, 0.2) is 30.8 Å². The summed E-state index contributed by atoms with van der Waals surface area (Å²) in [7, 11) is 0. The first-order valence-electron chi connectivity index (χ1n) is 11.0. The van der Waals surface area contributed by atoms with E-state index in [0.717, 1.165) is 18.2 Å². The van der Waals surface area contributed by atoms with Crippen molar-refractivity contribution in [2.24, 2.45) is 0 Å². The van der Waals surface area contributed by atoms with Gasteiger partial charge in [0.25, 0.3) is 0 Å². The second kappa shape index (κ2) is 10.5. The van der Waals surface area contributed by atoms with Gasteiger partial charge in [0.1, 0.15) is 41.0 Å². The van der Waals surface area contributed by atoms with E-state index in [1.165, 1.54) is 0 Å². The van der Waals surface area contributed by atoms with Gasteiger partial charge < -0.3 is 0 Å². The van der Waals surface area contributed by atoms with Crippen LogP contribution in [-0.4, -0.2) is 6.15 Å². The van der Waals surface area contributed by atoms with Crippen LogP contribution in [0.5, 0.6) is 0 Å². The third-order valence-electron chi connectivity index (χ3n) is 6.71. The van der Waals surface area contributed by atoms with Crippen LogP contribution in [0.25, 0.3) is 6.08 Å². The summed E-state index contributed by atoms with van der Waals surface area (Å²) < 4.78 is 223. The minimum atomic E-state index is -5.82. The first kappa shape index (κ1) is 30.6. The average Bonchev–Trinajstić information content (AvgIpc) is 2.98.